The van der Waals surface area contributed by atoms with Gasteiger partial charge in [0.1, 0.15) is 0 Å². The van der Waals surface area contributed by atoms with Crippen LogP contribution in [-0.4, -0.2) is 15.8 Å². The van der Waals surface area contributed by atoms with Crippen LogP contribution in [0.4, 0.5) is 0 Å². The van der Waals surface area contributed by atoms with E-state index in [2.05, 4.69) is 18.9 Å². The van der Waals surface area contributed by atoms with Gasteiger partial charge in [0.05, 0.1) is 5.69 Å². The lowest BCUT2D eigenvalue weighted by Gasteiger charge is -2.28. The van der Waals surface area contributed by atoms with Crippen molar-refractivity contribution >= 4 is 0 Å². The lowest BCUT2D eigenvalue weighted by molar-refractivity contribution is 0.272. The van der Waals surface area contributed by atoms with E-state index < -0.39 is 0 Å². The van der Waals surface area contributed by atoms with E-state index in [0.29, 0.717) is 6.04 Å². The molecule has 0 aliphatic heterocycles. The first-order chi connectivity index (χ1) is 8.08. The van der Waals surface area contributed by atoms with Crippen molar-refractivity contribution in [3.05, 3.63) is 17.0 Å². The quantitative estimate of drug-likeness (QED) is 0.852. The zero-order valence-electron chi connectivity index (χ0n) is 11.4. The first-order valence-electron chi connectivity index (χ1n) is 6.82. The fraction of sp³-hybridized carbons (Fsp3) is 0.786. The number of rotatable bonds is 5. The summed E-state index contributed by atoms with van der Waals surface area (Å²) in [6.07, 6.45) is 7.62. The van der Waals surface area contributed by atoms with E-state index in [-0.39, 0.29) is 0 Å². The summed E-state index contributed by atoms with van der Waals surface area (Å²) >= 11 is 0. The summed E-state index contributed by atoms with van der Waals surface area (Å²) in [6, 6.07) is 0.374. The Hall–Kier alpha value is -0.830. The van der Waals surface area contributed by atoms with Crippen LogP contribution in [0.5, 0.6) is 0 Å². The fourth-order valence-corrected chi connectivity index (χ4v) is 2.78. The molecule has 1 atom stereocenters. The van der Waals surface area contributed by atoms with Gasteiger partial charge in [-0.2, -0.15) is 5.10 Å². The topological polar surface area (TPSA) is 43.8 Å². The molecular formula is C14H25N3. The number of nitrogens with zero attached hydrogens (tertiary/aromatic N) is 2. The largest absolute Gasteiger partial charge is 0.328 e. The average molecular weight is 235 g/mol. The zero-order chi connectivity index (χ0) is 12.4. The van der Waals surface area contributed by atoms with E-state index in [4.69, 9.17) is 5.73 Å². The van der Waals surface area contributed by atoms with Crippen molar-refractivity contribution in [3.63, 3.8) is 0 Å². The van der Waals surface area contributed by atoms with Crippen LogP contribution < -0.4 is 5.73 Å². The molecule has 17 heavy (non-hydrogen) atoms. The molecule has 0 spiro atoms. The zero-order valence-corrected chi connectivity index (χ0v) is 11.4. The van der Waals surface area contributed by atoms with Crippen LogP contribution >= 0.6 is 0 Å². The maximum atomic E-state index is 6.21. The first kappa shape index (κ1) is 12.6. The molecule has 1 heterocycles. The van der Waals surface area contributed by atoms with Crippen molar-refractivity contribution in [2.24, 2.45) is 18.7 Å². The summed E-state index contributed by atoms with van der Waals surface area (Å²) in [5.74, 6) is 0.918. The van der Waals surface area contributed by atoms with Crippen molar-refractivity contribution in [1.82, 2.24) is 9.78 Å². The van der Waals surface area contributed by atoms with Crippen molar-refractivity contribution in [2.75, 3.05) is 0 Å². The third kappa shape index (κ3) is 2.89. The highest BCUT2D eigenvalue weighted by atomic mass is 15.3. The Morgan fingerprint density at radius 3 is 2.59 bits per heavy atom. The van der Waals surface area contributed by atoms with E-state index in [1.165, 1.54) is 42.6 Å². The minimum atomic E-state index is 0.374. The number of aryl methyl sites for hydroxylation is 2. The number of aromatic nitrogens is 2. The summed E-state index contributed by atoms with van der Waals surface area (Å²) in [5.41, 5.74) is 10.1. The number of hydrogen-bond donors (Lipinski definition) is 1. The Bertz CT molecular complexity index is 377. The third-order valence-electron chi connectivity index (χ3n) is 4.28. The number of hydrogen-bond acceptors (Lipinski definition) is 2. The van der Waals surface area contributed by atoms with E-state index in [1.54, 1.807) is 0 Å². The van der Waals surface area contributed by atoms with Gasteiger partial charge in [-0.1, -0.05) is 19.3 Å². The Morgan fingerprint density at radius 1 is 1.41 bits per heavy atom. The molecule has 96 valence electrons. The molecule has 1 aromatic rings. The molecule has 1 aromatic heterocycles. The molecule has 0 bridgehead atoms. The van der Waals surface area contributed by atoms with Gasteiger partial charge in [0.15, 0.2) is 0 Å². The Labute approximate surface area is 104 Å². The van der Waals surface area contributed by atoms with Crippen LogP contribution in [0.15, 0.2) is 0 Å². The number of nitrogens with two attached hydrogens (primary N) is 1. The highest BCUT2D eigenvalue weighted by Crippen LogP contribution is 2.30. The second-order valence-corrected chi connectivity index (χ2v) is 5.60. The summed E-state index contributed by atoms with van der Waals surface area (Å²) in [5, 5.41) is 4.45. The van der Waals surface area contributed by atoms with Crippen LogP contribution in [0, 0.1) is 19.8 Å². The SMILES string of the molecule is Cc1nn(C)c(C)c1CCC(N)CC1CCC1. The Morgan fingerprint density at radius 2 is 2.12 bits per heavy atom. The molecule has 0 amide bonds. The second-order valence-electron chi connectivity index (χ2n) is 5.60. The maximum absolute atomic E-state index is 6.21. The molecule has 1 aliphatic rings. The van der Waals surface area contributed by atoms with Crippen LogP contribution in [0.2, 0.25) is 0 Å². The van der Waals surface area contributed by atoms with Crippen LogP contribution in [0.3, 0.4) is 0 Å². The molecule has 1 unspecified atom stereocenters. The van der Waals surface area contributed by atoms with Gasteiger partial charge >= 0.3 is 0 Å². The summed E-state index contributed by atoms with van der Waals surface area (Å²) in [7, 11) is 2.01. The van der Waals surface area contributed by atoms with Gasteiger partial charge in [0.25, 0.3) is 0 Å². The van der Waals surface area contributed by atoms with Crippen LogP contribution in [0.1, 0.15) is 49.1 Å². The summed E-state index contributed by atoms with van der Waals surface area (Å²) in [6.45, 7) is 4.24. The third-order valence-corrected chi connectivity index (χ3v) is 4.28. The van der Waals surface area contributed by atoms with Gasteiger partial charge < -0.3 is 5.73 Å². The van der Waals surface area contributed by atoms with Crippen LogP contribution in [-0.2, 0) is 13.5 Å². The van der Waals surface area contributed by atoms with Gasteiger partial charge in [-0.25, -0.2) is 0 Å². The van der Waals surface area contributed by atoms with Crippen molar-refractivity contribution in [1.29, 1.82) is 0 Å². The molecule has 2 N–H and O–H groups in total. The smallest absolute Gasteiger partial charge is 0.0628 e. The molecule has 0 saturated heterocycles. The van der Waals surface area contributed by atoms with Crippen molar-refractivity contribution in [3.8, 4) is 0 Å². The van der Waals surface area contributed by atoms with E-state index in [9.17, 15) is 0 Å². The van der Waals surface area contributed by atoms with E-state index in [0.717, 1.165) is 18.8 Å². The summed E-state index contributed by atoms with van der Waals surface area (Å²) in [4.78, 5) is 0. The highest BCUT2D eigenvalue weighted by Gasteiger charge is 2.20. The van der Waals surface area contributed by atoms with Gasteiger partial charge in [-0.15, -0.1) is 0 Å². The van der Waals surface area contributed by atoms with Gasteiger partial charge in [0.2, 0.25) is 0 Å². The lowest BCUT2D eigenvalue weighted by Crippen LogP contribution is -2.27. The van der Waals surface area contributed by atoms with Gasteiger partial charge in [-0.05, 0) is 44.6 Å². The first-order valence-corrected chi connectivity index (χ1v) is 6.82. The minimum Gasteiger partial charge on any atom is -0.328 e. The minimum absolute atomic E-state index is 0.374. The monoisotopic (exact) mass is 235 g/mol. The normalized spacial score (nSPS) is 18.1. The molecule has 1 saturated carbocycles. The molecule has 0 aromatic carbocycles. The predicted octanol–water partition coefficient (Wildman–Crippen LogP) is 2.49. The average Bonchev–Trinajstić information content (AvgIpc) is 2.45. The molecule has 0 radical (unpaired) electrons. The molecular weight excluding hydrogens is 210 g/mol. The van der Waals surface area contributed by atoms with Crippen LogP contribution in [0.25, 0.3) is 0 Å². The highest BCUT2D eigenvalue weighted by molar-refractivity contribution is 5.24. The Kier molecular flexibility index (Phi) is 3.87. The lowest BCUT2D eigenvalue weighted by atomic mass is 9.80. The molecule has 1 fully saturated rings. The standard InChI is InChI=1S/C14H25N3/c1-10-14(11(2)17(3)16-10)8-7-13(15)9-12-5-4-6-12/h12-13H,4-9,15H2,1-3H3. The second kappa shape index (κ2) is 5.21. The van der Waals surface area contributed by atoms with Gasteiger partial charge in [-0.3, -0.25) is 4.68 Å². The van der Waals surface area contributed by atoms with Gasteiger partial charge in [0, 0.05) is 18.8 Å². The maximum Gasteiger partial charge on any atom is 0.0628 e. The predicted molar refractivity (Wildman–Crippen MR) is 70.9 cm³/mol. The van der Waals surface area contributed by atoms with E-state index >= 15 is 0 Å². The van der Waals surface area contributed by atoms with Crippen molar-refractivity contribution in [2.45, 2.75) is 58.4 Å². The van der Waals surface area contributed by atoms with Crippen molar-refractivity contribution < 1.29 is 0 Å². The molecule has 1 aliphatic carbocycles. The molecule has 2 rings (SSSR count). The summed E-state index contributed by atoms with van der Waals surface area (Å²) < 4.78 is 1.97. The molecule has 3 heteroatoms. The fourth-order valence-electron chi connectivity index (χ4n) is 2.78. The Balaban J connectivity index is 1.83. The van der Waals surface area contributed by atoms with E-state index in [1.807, 2.05) is 11.7 Å². The molecule has 3 nitrogen and oxygen atoms in total.